The molecule has 1 aliphatic heterocycles. The Morgan fingerprint density at radius 3 is 2.57 bits per heavy atom. The highest BCUT2D eigenvalue weighted by molar-refractivity contribution is 6.30. The molecule has 2 amide bonds. The second-order valence-electron chi connectivity index (χ2n) is 8.07. The van der Waals surface area contributed by atoms with Gasteiger partial charge in [-0.05, 0) is 47.7 Å². The normalized spacial score (nSPS) is 14.7. The van der Waals surface area contributed by atoms with Gasteiger partial charge in [0.2, 0.25) is 0 Å². The van der Waals surface area contributed by atoms with Gasteiger partial charge in [-0.1, -0.05) is 49.7 Å². The lowest BCUT2D eigenvalue weighted by Crippen LogP contribution is -2.40. The van der Waals surface area contributed by atoms with Crippen LogP contribution in [-0.2, 0) is 11.3 Å². The van der Waals surface area contributed by atoms with Crippen LogP contribution in [0, 0.1) is 0 Å². The van der Waals surface area contributed by atoms with Crippen molar-refractivity contribution in [3.05, 3.63) is 64.7 Å². The highest BCUT2D eigenvalue weighted by atomic mass is 35.5. The van der Waals surface area contributed by atoms with E-state index >= 15 is 0 Å². The molecule has 0 aliphatic carbocycles. The smallest absolute Gasteiger partial charge is 0.322 e. The number of nitrogens with zero attached hydrogens (tertiary/aromatic N) is 2. The highest BCUT2D eigenvalue weighted by Crippen LogP contribution is 2.18. The summed E-state index contributed by atoms with van der Waals surface area (Å²) < 4.78 is 5.42. The molecule has 0 atom stereocenters. The summed E-state index contributed by atoms with van der Waals surface area (Å²) in [4.78, 5) is 17.3. The van der Waals surface area contributed by atoms with Gasteiger partial charge in [-0.2, -0.15) is 0 Å². The van der Waals surface area contributed by atoms with Gasteiger partial charge < -0.3 is 15.0 Å². The molecule has 2 aromatic rings. The molecule has 6 heteroatoms. The Bertz CT molecular complexity index is 804. The minimum absolute atomic E-state index is 0.0887. The summed E-state index contributed by atoms with van der Waals surface area (Å²) in [5.74, 6) is 0.467. The van der Waals surface area contributed by atoms with E-state index in [2.05, 4.69) is 36.2 Å². The summed E-state index contributed by atoms with van der Waals surface area (Å²) in [6.07, 6.45) is 0.917. The molecule has 30 heavy (non-hydrogen) atoms. The molecule has 0 spiro atoms. The van der Waals surface area contributed by atoms with Crippen LogP contribution in [-0.4, -0.2) is 55.2 Å². The van der Waals surface area contributed by atoms with Crippen molar-refractivity contribution in [2.24, 2.45) is 0 Å². The number of carbonyl (C=O) groups excluding carboxylic acids is 1. The summed E-state index contributed by atoms with van der Waals surface area (Å²) in [6.45, 7) is 10.00. The van der Waals surface area contributed by atoms with Gasteiger partial charge in [0, 0.05) is 43.4 Å². The van der Waals surface area contributed by atoms with E-state index < -0.39 is 0 Å². The van der Waals surface area contributed by atoms with Crippen LogP contribution in [0.5, 0.6) is 0 Å². The largest absolute Gasteiger partial charge is 0.379 e. The van der Waals surface area contributed by atoms with Gasteiger partial charge in [-0.25, -0.2) is 4.79 Å². The van der Waals surface area contributed by atoms with Crippen molar-refractivity contribution in [1.29, 1.82) is 0 Å². The number of morpholine rings is 1. The molecule has 1 saturated heterocycles. The van der Waals surface area contributed by atoms with Crippen LogP contribution in [0.4, 0.5) is 10.5 Å². The Morgan fingerprint density at radius 2 is 1.90 bits per heavy atom. The number of halogens is 1. The number of benzene rings is 2. The summed E-state index contributed by atoms with van der Waals surface area (Å²) in [5.41, 5.74) is 3.10. The zero-order valence-electron chi connectivity index (χ0n) is 17.9. The Labute approximate surface area is 185 Å². The van der Waals surface area contributed by atoms with E-state index in [1.54, 1.807) is 0 Å². The van der Waals surface area contributed by atoms with Crippen molar-refractivity contribution in [1.82, 2.24) is 9.80 Å². The van der Waals surface area contributed by atoms with Gasteiger partial charge in [0.05, 0.1) is 13.2 Å². The highest BCUT2D eigenvalue weighted by Gasteiger charge is 2.16. The van der Waals surface area contributed by atoms with E-state index in [-0.39, 0.29) is 6.03 Å². The number of nitrogens with one attached hydrogen (secondary N) is 1. The number of hydrogen-bond acceptors (Lipinski definition) is 3. The second kappa shape index (κ2) is 11.3. The van der Waals surface area contributed by atoms with E-state index in [0.717, 1.165) is 50.5 Å². The topological polar surface area (TPSA) is 44.8 Å². The molecule has 1 N–H and O–H groups in total. The van der Waals surface area contributed by atoms with E-state index in [1.807, 2.05) is 41.3 Å². The summed E-state index contributed by atoms with van der Waals surface area (Å²) >= 11 is 6.15. The van der Waals surface area contributed by atoms with Gasteiger partial charge in [-0.3, -0.25) is 4.90 Å². The summed E-state index contributed by atoms with van der Waals surface area (Å²) in [6, 6.07) is 15.7. The monoisotopic (exact) mass is 429 g/mol. The SMILES string of the molecule is CC(C)c1ccc(NC(=O)N(CCCN2CCOCC2)Cc2cccc(Cl)c2)cc1. The molecular weight excluding hydrogens is 398 g/mol. The minimum atomic E-state index is -0.0887. The maximum Gasteiger partial charge on any atom is 0.322 e. The Kier molecular flexibility index (Phi) is 8.55. The summed E-state index contributed by atoms with van der Waals surface area (Å²) in [5, 5.41) is 3.74. The molecule has 162 valence electrons. The maximum absolute atomic E-state index is 13.1. The van der Waals surface area contributed by atoms with Gasteiger partial charge in [-0.15, -0.1) is 0 Å². The van der Waals surface area contributed by atoms with Crippen LogP contribution in [0.3, 0.4) is 0 Å². The average Bonchev–Trinajstić information content (AvgIpc) is 2.74. The molecular formula is C24H32ClN3O2. The molecule has 2 aromatic carbocycles. The predicted octanol–water partition coefficient (Wildman–Crippen LogP) is 5.22. The van der Waals surface area contributed by atoms with E-state index in [4.69, 9.17) is 16.3 Å². The first-order valence-corrected chi connectivity index (χ1v) is 11.1. The van der Waals surface area contributed by atoms with Crippen LogP contribution in [0.15, 0.2) is 48.5 Å². The Hall–Kier alpha value is -2.08. The average molecular weight is 430 g/mol. The maximum atomic E-state index is 13.1. The second-order valence-corrected chi connectivity index (χ2v) is 8.50. The number of rotatable bonds is 8. The van der Waals surface area contributed by atoms with Gasteiger partial charge in [0.15, 0.2) is 0 Å². The van der Waals surface area contributed by atoms with Crippen LogP contribution in [0.2, 0.25) is 5.02 Å². The first-order valence-electron chi connectivity index (χ1n) is 10.7. The lowest BCUT2D eigenvalue weighted by Gasteiger charge is -2.28. The summed E-state index contributed by atoms with van der Waals surface area (Å²) in [7, 11) is 0. The van der Waals surface area contributed by atoms with Crippen molar-refractivity contribution < 1.29 is 9.53 Å². The quantitative estimate of drug-likeness (QED) is 0.625. The first-order chi connectivity index (χ1) is 14.5. The van der Waals surface area contributed by atoms with Crippen LogP contribution < -0.4 is 5.32 Å². The predicted molar refractivity (Wildman–Crippen MR) is 123 cm³/mol. The number of anilines is 1. The van der Waals surface area contributed by atoms with Crippen molar-refractivity contribution in [2.75, 3.05) is 44.7 Å². The number of amides is 2. The molecule has 0 unspecified atom stereocenters. The van der Waals surface area contributed by atoms with E-state index in [9.17, 15) is 4.79 Å². The van der Waals surface area contributed by atoms with E-state index in [1.165, 1.54) is 5.56 Å². The van der Waals surface area contributed by atoms with Gasteiger partial charge in [0.25, 0.3) is 0 Å². The molecule has 0 radical (unpaired) electrons. The molecule has 1 fully saturated rings. The van der Waals surface area contributed by atoms with Gasteiger partial charge >= 0.3 is 6.03 Å². The third-order valence-electron chi connectivity index (χ3n) is 5.38. The standard InChI is InChI=1S/C24H32ClN3O2/c1-19(2)21-7-9-23(10-8-21)26-24(29)28(18-20-5-3-6-22(25)17-20)12-4-11-27-13-15-30-16-14-27/h3,5-10,17,19H,4,11-16,18H2,1-2H3,(H,26,29). The first kappa shape index (κ1) is 22.6. The molecule has 0 saturated carbocycles. The molecule has 0 bridgehead atoms. The Morgan fingerprint density at radius 1 is 1.17 bits per heavy atom. The lowest BCUT2D eigenvalue weighted by atomic mass is 10.0. The fraction of sp³-hybridized carbons (Fsp3) is 0.458. The molecule has 1 heterocycles. The molecule has 0 aromatic heterocycles. The third kappa shape index (κ3) is 7.01. The van der Waals surface area contributed by atoms with Crippen molar-refractivity contribution in [2.45, 2.75) is 32.7 Å². The number of hydrogen-bond donors (Lipinski definition) is 1. The number of ether oxygens (including phenoxy) is 1. The van der Waals surface area contributed by atoms with Crippen LogP contribution >= 0.6 is 11.6 Å². The van der Waals surface area contributed by atoms with E-state index in [0.29, 0.717) is 24.0 Å². The zero-order valence-corrected chi connectivity index (χ0v) is 18.7. The molecule has 3 rings (SSSR count). The van der Waals surface area contributed by atoms with Crippen molar-refractivity contribution in [3.63, 3.8) is 0 Å². The minimum Gasteiger partial charge on any atom is -0.379 e. The lowest BCUT2D eigenvalue weighted by molar-refractivity contribution is 0.0365. The fourth-order valence-electron chi connectivity index (χ4n) is 3.57. The Balaban J connectivity index is 1.62. The fourth-order valence-corrected chi connectivity index (χ4v) is 3.78. The van der Waals surface area contributed by atoms with Gasteiger partial charge in [0.1, 0.15) is 0 Å². The zero-order chi connectivity index (χ0) is 21.3. The number of urea groups is 1. The number of carbonyl (C=O) groups is 1. The molecule has 1 aliphatic rings. The third-order valence-corrected chi connectivity index (χ3v) is 5.62. The van der Waals surface area contributed by atoms with Crippen LogP contribution in [0.1, 0.15) is 37.3 Å². The molecule has 5 nitrogen and oxygen atoms in total. The van der Waals surface area contributed by atoms with Crippen molar-refractivity contribution in [3.8, 4) is 0 Å². The van der Waals surface area contributed by atoms with Crippen LogP contribution in [0.25, 0.3) is 0 Å². The van der Waals surface area contributed by atoms with Crippen molar-refractivity contribution >= 4 is 23.3 Å².